The summed E-state index contributed by atoms with van der Waals surface area (Å²) in [4.78, 5) is 25.1. The number of ether oxygens (including phenoxy) is 2. The molecule has 2 aromatic carbocycles. The van der Waals surface area contributed by atoms with Crippen LogP contribution in [-0.2, 0) is 16.1 Å². The van der Waals surface area contributed by atoms with Crippen LogP contribution in [0.2, 0.25) is 0 Å². The minimum absolute atomic E-state index is 0.0655. The van der Waals surface area contributed by atoms with Crippen LogP contribution in [0.25, 0.3) is 0 Å². The molecule has 0 aliphatic heterocycles. The van der Waals surface area contributed by atoms with Gasteiger partial charge in [-0.05, 0) is 36.8 Å². The first kappa shape index (κ1) is 18.9. The Morgan fingerprint density at radius 2 is 1.84 bits per heavy atom. The number of carbonyl (C=O) groups is 2. The van der Waals surface area contributed by atoms with E-state index in [4.69, 9.17) is 9.47 Å². The first-order chi connectivity index (χ1) is 12.0. The van der Waals surface area contributed by atoms with Crippen LogP contribution in [0.15, 0.2) is 53.4 Å². The average molecular weight is 359 g/mol. The second-order valence-corrected chi connectivity index (χ2v) is 6.73. The molecule has 0 heterocycles. The molecule has 1 N–H and O–H groups in total. The number of benzene rings is 2. The normalized spacial score (nSPS) is 11.5. The van der Waals surface area contributed by atoms with Crippen molar-refractivity contribution in [1.82, 2.24) is 5.32 Å². The summed E-state index contributed by atoms with van der Waals surface area (Å²) in [5.74, 6) is -0.0998. The van der Waals surface area contributed by atoms with E-state index in [-0.39, 0.29) is 11.2 Å². The van der Waals surface area contributed by atoms with Crippen LogP contribution in [0, 0.1) is 0 Å². The lowest BCUT2D eigenvalue weighted by molar-refractivity contribution is -0.120. The van der Waals surface area contributed by atoms with Crippen molar-refractivity contribution in [3.05, 3.63) is 59.7 Å². The van der Waals surface area contributed by atoms with Crippen molar-refractivity contribution in [2.75, 3.05) is 14.2 Å². The van der Waals surface area contributed by atoms with Crippen molar-refractivity contribution in [3.63, 3.8) is 0 Å². The monoisotopic (exact) mass is 359 g/mol. The van der Waals surface area contributed by atoms with Gasteiger partial charge >= 0.3 is 5.97 Å². The molecule has 6 heteroatoms. The van der Waals surface area contributed by atoms with Gasteiger partial charge in [0.25, 0.3) is 0 Å². The van der Waals surface area contributed by atoms with Gasteiger partial charge < -0.3 is 14.8 Å². The number of hydrogen-bond donors (Lipinski definition) is 1. The minimum atomic E-state index is -0.474. The third-order valence-electron chi connectivity index (χ3n) is 3.56. The molecule has 132 valence electrons. The smallest absolute Gasteiger partial charge is 0.341 e. The Bertz CT molecular complexity index is 733. The van der Waals surface area contributed by atoms with Crippen LogP contribution < -0.4 is 10.1 Å². The molecule has 0 bridgehead atoms. The quantitative estimate of drug-likeness (QED) is 0.607. The summed E-state index contributed by atoms with van der Waals surface area (Å²) in [5, 5.41) is 2.67. The highest BCUT2D eigenvalue weighted by Crippen LogP contribution is 2.23. The fraction of sp³-hybridized carbons (Fsp3) is 0.263. The second kappa shape index (κ2) is 9.13. The van der Waals surface area contributed by atoms with Crippen LogP contribution >= 0.6 is 11.8 Å². The Hall–Kier alpha value is -2.47. The Labute approximate surface area is 151 Å². The van der Waals surface area contributed by atoms with E-state index in [9.17, 15) is 9.59 Å². The lowest BCUT2D eigenvalue weighted by Gasteiger charge is -2.13. The minimum Gasteiger partial charge on any atom is -0.496 e. The number of hydrogen-bond acceptors (Lipinski definition) is 5. The molecule has 0 aromatic heterocycles. The van der Waals surface area contributed by atoms with Crippen LogP contribution in [-0.4, -0.2) is 31.3 Å². The maximum Gasteiger partial charge on any atom is 0.341 e. The van der Waals surface area contributed by atoms with Gasteiger partial charge in [0.2, 0.25) is 5.91 Å². The van der Waals surface area contributed by atoms with Gasteiger partial charge in [0.1, 0.15) is 11.3 Å². The predicted octanol–water partition coefficient (Wildman–Crippen LogP) is 3.28. The second-order valence-electron chi connectivity index (χ2n) is 5.32. The molecule has 0 aliphatic carbocycles. The molecule has 0 spiro atoms. The molecule has 2 aromatic rings. The molecule has 25 heavy (non-hydrogen) atoms. The molecule has 0 radical (unpaired) electrons. The zero-order valence-corrected chi connectivity index (χ0v) is 15.3. The molecule has 0 unspecified atom stereocenters. The molecule has 0 fully saturated rings. The number of amides is 1. The zero-order valence-electron chi connectivity index (χ0n) is 14.4. The summed E-state index contributed by atoms with van der Waals surface area (Å²) in [7, 11) is 2.81. The van der Waals surface area contributed by atoms with Gasteiger partial charge in [0.05, 0.1) is 19.5 Å². The fourth-order valence-electron chi connectivity index (χ4n) is 2.22. The molecule has 1 amide bonds. The van der Waals surface area contributed by atoms with Crippen molar-refractivity contribution in [2.24, 2.45) is 0 Å². The number of esters is 1. The first-order valence-corrected chi connectivity index (χ1v) is 8.67. The van der Waals surface area contributed by atoms with E-state index in [0.717, 1.165) is 10.5 Å². The van der Waals surface area contributed by atoms with Crippen LogP contribution in [0.4, 0.5) is 0 Å². The zero-order chi connectivity index (χ0) is 18.2. The lowest BCUT2D eigenvalue weighted by Crippen LogP contribution is -2.30. The van der Waals surface area contributed by atoms with Gasteiger partial charge in [0, 0.05) is 11.4 Å². The standard InChI is InChI=1S/C19H21NO4S/c1-13(25-15-7-5-4-6-8-15)18(21)20-12-14-9-10-17(23-2)16(11-14)19(22)24-3/h4-11,13H,12H2,1-3H3,(H,20,21)/t13-/m1/s1. The Kier molecular flexibility index (Phi) is 6.89. The summed E-state index contributed by atoms with van der Waals surface area (Å²) in [6.07, 6.45) is 0. The van der Waals surface area contributed by atoms with E-state index in [0.29, 0.717) is 17.9 Å². The molecule has 1 atom stereocenters. The van der Waals surface area contributed by atoms with Crippen molar-refractivity contribution in [2.45, 2.75) is 23.6 Å². The van der Waals surface area contributed by atoms with Crippen molar-refractivity contribution < 1.29 is 19.1 Å². The highest BCUT2D eigenvalue weighted by atomic mass is 32.2. The Morgan fingerprint density at radius 3 is 2.48 bits per heavy atom. The molecule has 5 nitrogen and oxygen atoms in total. The number of rotatable bonds is 7. The van der Waals surface area contributed by atoms with E-state index < -0.39 is 5.97 Å². The topological polar surface area (TPSA) is 64.6 Å². The van der Waals surface area contributed by atoms with Gasteiger partial charge in [0.15, 0.2) is 0 Å². The maximum absolute atomic E-state index is 12.3. The van der Waals surface area contributed by atoms with E-state index >= 15 is 0 Å². The fourth-order valence-corrected chi connectivity index (χ4v) is 3.14. The highest BCUT2D eigenvalue weighted by molar-refractivity contribution is 8.00. The molecule has 0 aliphatic rings. The first-order valence-electron chi connectivity index (χ1n) is 7.79. The number of thioether (sulfide) groups is 1. The molecular formula is C19H21NO4S. The summed E-state index contributed by atoms with van der Waals surface area (Å²) >= 11 is 1.50. The van der Waals surface area contributed by atoms with Gasteiger partial charge in [-0.15, -0.1) is 11.8 Å². The Morgan fingerprint density at radius 1 is 1.12 bits per heavy atom. The van der Waals surface area contributed by atoms with Crippen LogP contribution in [0.5, 0.6) is 5.75 Å². The van der Waals surface area contributed by atoms with Gasteiger partial charge in [-0.25, -0.2) is 4.79 Å². The van der Waals surface area contributed by atoms with Gasteiger partial charge in [-0.2, -0.15) is 0 Å². The van der Waals surface area contributed by atoms with Crippen LogP contribution in [0.1, 0.15) is 22.8 Å². The molecule has 2 rings (SSSR count). The maximum atomic E-state index is 12.3. The third kappa shape index (κ3) is 5.26. The van der Waals surface area contributed by atoms with Crippen molar-refractivity contribution >= 4 is 23.6 Å². The summed E-state index contributed by atoms with van der Waals surface area (Å²) in [6.45, 7) is 2.19. The van der Waals surface area contributed by atoms with Crippen molar-refractivity contribution in [3.8, 4) is 5.75 Å². The van der Waals surface area contributed by atoms with Crippen molar-refractivity contribution in [1.29, 1.82) is 0 Å². The SMILES string of the molecule is COC(=O)c1cc(CNC(=O)[C@@H](C)Sc2ccccc2)ccc1OC. The summed E-state index contributed by atoms with van der Waals surface area (Å²) in [5.41, 5.74) is 1.13. The van der Waals surface area contributed by atoms with E-state index in [1.54, 1.807) is 18.2 Å². The number of carbonyl (C=O) groups excluding carboxylic acids is 2. The summed E-state index contributed by atoms with van der Waals surface area (Å²) < 4.78 is 9.92. The largest absolute Gasteiger partial charge is 0.496 e. The Balaban J connectivity index is 1.98. The predicted molar refractivity (Wildman–Crippen MR) is 97.9 cm³/mol. The highest BCUT2D eigenvalue weighted by Gasteiger charge is 2.16. The van der Waals surface area contributed by atoms with Crippen LogP contribution in [0.3, 0.4) is 0 Å². The van der Waals surface area contributed by atoms with E-state index in [2.05, 4.69) is 5.32 Å². The van der Waals surface area contributed by atoms with E-state index in [1.165, 1.54) is 26.0 Å². The third-order valence-corrected chi connectivity index (χ3v) is 4.67. The van der Waals surface area contributed by atoms with E-state index in [1.807, 2.05) is 37.3 Å². The average Bonchev–Trinajstić information content (AvgIpc) is 2.65. The number of nitrogens with one attached hydrogen (secondary N) is 1. The molecule has 0 saturated carbocycles. The summed E-state index contributed by atoms with van der Waals surface area (Å²) in [6, 6.07) is 14.9. The van der Waals surface area contributed by atoms with Gasteiger partial charge in [-0.3, -0.25) is 4.79 Å². The molecular weight excluding hydrogens is 338 g/mol. The van der Waals surface area contributed by atoms with Gasteiger partial charge in [-0.1, -0.05) is 24.3 Å². The number of methoxy groups -OCH3 is 2. The lowest BCUT2D eigenvalue weighted by atomic mass is 10.1. The molecule has 0 saturated heterocycles.